The molecule has 0 aliphatic heterocycles. The van der Waals surface area contributed by atoms with E-state index in [-0.39, 0.29) is 50.8 Å². The fourth-order valence-electron chi connectivity index (χ4n) is 2.97. The Labute approximate surface area is 187 Å². The summed E-state index contributed by atoms with van der Waals surface area (Å²) in [5, 5.41) is 23.1. The minimum absolute atomic E-state index is 0. The number of esters is 2. The lowest BCUT2D eigenvalue weighted by Gasteiger charge is -2.11. The van der Waals surface area contributed by atoms with E-state index in [1.165, 1.54) is 38.5 Å². The molecular formula is C21H16BrN3O6. The summed E-state index contributed by atoms with van der Waals surface area (Å²) in [4.78, 5) is 39.8. The van der Waals surface area contributed by atoms with Crippen LogP contribution in [0.4, 0.5) is 11.4 Å². The molecule has 0 heterocycles. The number of amides is 1. The van der Waals surface area contributed by atoms with E-state index in [4.69, 9.17) is 0 Å². The maximum atomic E-state index is 12.8. The van der Waals surface area contributed by atoms with Gasteiger partial charge in [0.1, 0.15) is 5.75 Å². The molecule has 2 N–H and O–H groups in total. The van der Waals surface area contributed by atoms with Crippen LogP contribution in [0.2, 0.25) is 0 Å². The Hall–Kier alpha value is -3.97. The minimum atomic E-state index is -0.749. The van der Waals surface area contributed by atoms with Crippen LogP contribution in [0.3, 0.4) is 0 Å². The summed E-state index contributed by atoms with van der Waals surface area (Å²) in [7, 11) is 2.36. The van der Waals surface area contributed by atoms with Crippen molar-refractivity contribution in [3.8, 4) is 5.75 Å². The average Bonchev–Trinajstić information content (AvgIpc) is 2.78. The topological polar surface area (TPSA) is 130 Å². The highest BCUT2D eigenvalue weighted by atomic mass is 79.9. The van der Waals surface area contributed by atoms with Crippen molar-refractivity contribution in [3.05, 3.63) is 70.2 Å². The number of benzene rings is 3. The smallest absolute Gasteiger partial charge is 0.393 e. The van der Waals surface area contributed by atoms with E-state index in [9.17, 15) is 24.9 Å². The number of methoxy groups -OCH3 is 2. The van der Waals surface area contributed by atoms with Crippen molar-refractivity contribution in [3.63, 3.8) is 0 Å². The number of phenols is 1. The van der Waals surface area contributed by atoms with Gasteiger partial charge >= 0.3 is 17.6 Å². The van der Waals surface area contributed by atoms with Gasteiger partial charge in [0, 0.05) is 11.1 Å². The predicted octanol–water partition coefficient (Wildman–Crippen LogP) is 0.859. The number of carbonyl (C=O) groups is 3. The Morgan fingerprint density at radius 1 is 0.935 bits per heavy atom. The first-order valence-corrected chi connectivity index (χ1v) is 8.62. The van der Waals surface area contributed by atoms with Crippen molar-refractivity contribution < 1.29 is 45.9 Å². The van der Waals surface area contributed by atoms with Gasteiger partial charge < -0.3 is 36.9 Å². The third-order valence-electron chi connectivity index (χ3n) is 4.38. The summed E-state index contributed by atoms with van der Waals surface area (Å²) in [6.45, 7) is 0. The fourth-order valence-corrected chi connectivity index (χ4v) is 2.97. The fraction of sp³-hybridized carbons (Fsp3) is 0.0952. The highest BCUT2D eigenvalue weighted by molar-refractivity contribution is 6.13. The summed E-state index contributed by atoms with van der Waals surface area (Å²) in [6, 6.07) is 11.7. The average molecular weight is 486 g/mol. The quantitative estimate of drug-likeness (QED) is 0.413. The first-order valence-electron chi connectivity index (χ1n) is 8.62. The van der Waals surface area contributed by atoms with Crippen molar-refractivity contribution in [2.75, 3.05) is 19.5 Å². The number of nitrogens with one attached hydrogen (secondary N) is 1. The summed E-state index contributed by atoms with van der Waals surface area (Å²) in [6.07, 6.45) is 0. The van der Waals surface area contributed by atoms with Gasteiger partial charge in [-0.1, -0.05) is 18.2 Å². The molecule has 10 heteroatoms. The maximum absolute atomic E-state index is 12.8. The Bertz CT molecular complexity index is 1200. The maximum Gasteiger partial charge on any atom is 0.393 e. The van der Waals surface area contributed by atoms with E-state index in [2.05, 4.69) is 19.8 Å². The van der Waals surface area contributed by atoms with Crippen molar-refractivity contribution in [2.45, 2.75) is 0 Å². The molecule has 0 radical (unpaired) electrons. The molecular weight excluding hydrogens is 470 g/mol. The molecule has 0 aliphatic rings. The molecule has 0 aromatic heterocycles. The van der Waals surface area contributed by atoms with Gasteiger partial charge in [-0.25, -0.2) is 9.59 Å². The third kappa shape index (κ3) is 4.62. The molecule has 0 spiro atoms. The molecule has 1 amide bonds. The van der Waals surface area contributed by atoms with Crippen LogP contribution in [0.25, 0.3) is 15.7 Å². The van der Waals surface area contributed by atoms with E-state index in [0.29, 0.717) is 10.8 Å². The number of hydrogen-bond acceptors (Lipinski definition) is 7. The van der Waals surface area contributed by atoms with Crippen molar-refractivity contribution in [1.82, 2.24) is 0 Å². The highest BCUT2D eigenvalue weighted by Crippen LogP contribution is 2.36. The van der Waals surface area contributed by atoms with Crippen LogP contribution in [-0.4, -0.2) is 37.2 Å². The molecule has 0 fully saturated rings. The molecule has 3 rings (SSSR count). The number of rotatable bonds is 4. The zero-order chi connectivity index (χ0) is 21.8. The van der Waals surface area contributed by atoms with Gasteiger partial charge in [0.05, 0.1) is 42.4 Å². The summed E-state index contributed by atoms with van der Waals surface area (Å²) in [5.41, 5.74) is 0.0593. The molecule has 3 aromatic carbocycles. The number of hydrogen-bond donors (Lipinski definition) is 2. The summed E-state index contributed by atoms with van der Waals surface area (Å²) in [5.74, 6) is -2.49. The summed E-state index contributed by atoms with van der Waals surface area (Å²) >= 11 is 0. The number of diazo groups is 1. The molecule has 3 aromatic rings. The van der Waals surface area contributed by atoms with Crippen molar-refractivity contribution in [2.24, 2.45) is 0 Å². The Morgan fingerprint density at radius 3 is 2.00 bits per heavy atom. The number of carbonyl (C=O) groups excluding carboxylic acids is 3. The normalized spacial score (nSPS) is 9.84. The number of fused-ring (bicyclic) bond motifs is 1. The van der Waals surface area contributed by atoms with Crippen LogP contribution in [0.15, 0.2) is 48.5 Å². The highest BCUT2D eigenvalue weighted by Gasteiger charge is 2.23. The van der Waals surface area contributed by atoms with Crippen LogP contribution in [-0.2, 0) is 9.47 Å². The van der Waals surface area contributed by atoms with Crippen LogP contribution < -0.4 is 22.3 Å². The molecule has 0 aliphatic carbocycles. The molecule has 0 saturated carbocycles. The zero-order valence-corrected chi connectivity index (χ0v) is 18.0. The number of phenolic OH excluding ortho intramolecular Hbond substituents is 1. The number of ether oxygens (including phenoxy) is 2. The van der Waals surface area contributed by atoms with Gasteiger partial charge in [-0.05, 0) is 24.3 Å². The molecule has 0 atom stereocenters. The monoisotopic (exact) mass is 485 g/mol. The molecule has 31 heavy (non-hydrogen) atoms. The van der Waals surface area contributed by atoms with Crippen LogP contribution in [0.5, 0.6) is 5.75 Å². The van der Waals surface area contributed by atoms with E-state index in [0.717, 1.165) is 0 Å². The standard InChI is InChI=1S/C21H15N3O6.BrH/c1-29-20(27)11-7-12(21(28)30-2)9-13(8-11)23-19(26)16-10-17(24-22)14-5-3-4-6-15(14)18(16)25;/h3-10H,1-2H3,(H-,23,25,26);1H. The van der Waals surface area contributed by atoms with E-state index in [1.54, 1.807) is 24.3 Å². The van der Waals surface area contributed by atoms with Crippen molar-refractivity contribution in [1.29, 1.82) is 5.39 Å². The first-order chi connectivity index (χ1) is 14.4. The lowest BCUT2D eigenvalue weighted by molar-refractivity contribution is -0.0000434. The molecule has 0 bridgehead atoms. The number of aromatic hydroxyl groups is 1. The zero-order valence-electron chi connectivity index (χ0n) is 16.4. The molecule has 0 saturated heterocycles. The Balaban J connectivity index is 0.00000341. The Morgan fingerprint density at radius 2 is 1.48 bits per heavy atom. The van der Waals surface area contributed by atoms with E-state index >= 15 is 0 Å². The second-order valence-electron chi connectivity index (χ2n) is 6.17. The van der Waals surface area contributed by atoms with E-state index < -0.39 is 17.8 Å². The minimum Gasteiger partial charge on any atom is -1.00 e. The first kappa shape index (κ1) is 23.3. The van der Waals surface area contributed by atoms with Crippen LogP contribution >= 0.6 is 0 Å². The van der Waals surface area contributed by atoms with Crippen LogP contribution in [0.1, 0.15) is 31.1 Å². The number of halogens is 1. The Kier molecular flexibility index (Phi) is 7.28. The number of anilines is 1. The number of nitrogens with zero attached hydrogens (tertiary/aromatic N) is 2. The second-order valence-corrected chi connectivity index (χ2v) is 6.17. The largest absolute Gasteiger partial charge is 1.00 e. The third-order valence-corrected chi connectivity index (χ3v) is 4.38. The summed E-state index contributed by atoms with van der Waals surface area (Å²) < 4.78 is 9.33. The van der Waals surface area contributed by atoms with Crippen LogP contribution in [0, 0.1) is 5.39 Å². The lowest BCUT2D eigenvalue weighted by atomic mass is 10.0. The van der Waals surface area contributed by atoms with Gasteiger partial charge in [-0.3, -0.25) is 4.79 Å². The molecule has 158 valence electrons. The lowest BCUT2D eigenvalue weighted by Crippen LogP contribution is -3.00. The SMILES string of the molecule is COC(=O)c1cc(NC(=O)c2cc([N+]#N)c3ccccc3c2O)cc(C(=O)OC)c1.[Br-]. The van der Waals surface area contributed by atoms with Gasteiger partial charge in [-0.15, -0.1) is 0 Å². The molecule has 0 unspecified atom stereocenters. The van der Waals surface area contributed by atoms with E-state index in [1.807, 2.05) is 0 Å². The van der Waals surface area contributed by atoms with Gasteiger partial charge in [-0.2, -0.15) is 0 Å². The van der Waals surface area contributed by atoms with Crippen molar-refractivity contribution >= 4 is 40.0 Å². The van der Waals surface area contributed by atoms with Gasteiger partial charge in [0.25, 0.3) is 5.91 Å². The second kappa shape index (κ2) is 9.69. The molecule has 9 nitrogen and oxygen atoms in total. The van der Waals surface area contributed by atoms with Gasteiger partial charge in [0.15, 0.2) is 4.98 Å². The predicted molar refractivity (Wildman–Crippen MR) is 107 cm³/mol. The van der Waals surface area contributed by atoms with Gasteiger partial charge in [0.2, 0.25) is 5.39 Å².